The van der Waals surface area contributed by atoms with Crippen LogP contribution >= 0.6 is 11.3 Å². The van der Waals surface area contributed by atoms with Crippen molar-refractivity contribution in [1.29, 1.82) is 0 Å². The molecule has 0 aliphatic heterocycles. The van der Waals surface area contributed by atoms with Crippen LogP contribution in [0.15, 0.2) is 22.5 Å². The fraction of sp³-hybridized carbons (Fsp3) is 0.737. The molecule has 25 heavy (non-hydrogen) atoms. The Labute approximate surface area is 158 Å². The molecule has 1 aromatic heterocycles. The third-order valence-electron chi connectivity index (χ3n) is 4.39. The molecule has 1 atom stereocenters. The molecule has 2 N–H and O–H groups in total. The Balaban J connectivity index is 2.39. The fourth-order valence-corrected chi connectivity index (χ4v) is 3.94. The maximum Gasteiger partial charge on any atom is 0.191 e. The van der Waals surface area contributed by atoms with E-state index in [0.29, 0.717) is 18.1 Å². The van der Waals surface area contributed by atoms with E-state index in [1.54, 1.807) is 11.3 Å². The zero-order chi connectivity index (χ0) is 18.8. The SMILES string of the molecule is CN=C(NCCCN(C(C)C)C(C)C)NCC(c1cccs1)N(C)C. The van der Waals surface area contributed by atoms with Crippen molar-refractivity contribution in [3.63, 3.8) is 0 Å². The van der Waals surface area contributed by atoms with Crippen LogP contribution in [-0.2, 0) is 0 Å². The van der Waals surface area contributed by atoms with E-state index in [1.165, 1.54) is 4.88 Å². The number of hydrogen-bond acceptors (Lipinski definition) is 4. The number of rotatable bonds is 10. The van der Waals surface area contributed by atoms with Crippen molar-refractivity contribution in [2.45, 2.75) is 52.2 Å². The number of nitrogens with one attached hydrogen (secondary N) is 2. The quantitative estimate of drug-likeness (QED) is 0.379. The van der Waals surface area contributed by atoms with Crippen molar-refractivity contribution in [3.8, 4) is 0 Å². The number of hydrogen-bond donors (Lipinski definition) is 2. The molecule has 6 heteroatoms. The van der Waals surface area contributed by atoms with Gasteiger partial charge in [-0.15, -0.1) is 11.3 Å². The molecule has 1 heterocycles. The van der Waals surface area contributed by atoms with Crippen molar-refractivity contribution in [3.05, 3.63) is 22.4 Å². The van der Waals surface area contributed by atoms with Crippen LogP contribution in [-0.4, -0.2) is 68.6 Å². The molecule has 0 saturated heterocycles. The molecule has 1 unspecified atom stereocenters. The van der Waals surface area contributed by atoms with E-state index in [1.807, 2.05) is 7.05 Å². The monoisotopic (exact) mass is 367 g/mol. The summed E-state index contributed by atoms with van der Waals surface area (Å²) in [5.41, 5.74) is 0. The van der Waals surface area contributed by atoms with Crippen LogP contribution in [0.5, 0.6) is 0 Å². The van der Waals surface area contributed by atoms with Crippen LogP contribution in [0.25, 0.3) is 0 Å². The first-order valence-electron chi connectivity index (χ1n) is 9.26. The van der Waals surface area contributed by atoms with Gasteiger partial charge in [0.1, 0.15) is 0 Å². The second-order valence-electron chi connectivity index (χ2n) is 7.15. The van der Waals surface area contributed by atoms with Crippen LogP contribution in [0, 0.1) is 0 Å². The van der Waals surface area contributed by atoms with E-state index in [4.69, 9.17) is 0 Å². The zero-order valence-corrected chi connectivity index (χ0v) is 17.9. The molecule has 0 radical (unpaired) electrons. The minimum absolute atomic E-state index is 0.357. The summed E-state index contributed by atoms with van der Waals surface area (Å²) >= 11 is 1.80. The van der Waals surface area contributed by atoms with E-state index in [2.05, 4.69) is 84.7 Å². The maximum atomic E-state index is 4.35. The van der Waals surface area contributed by atoms with Crippen LogP contribution < -0.4 is 10.6 Å². The topological polar surface area (TPSA) is 42.9 Å². The van der Waals surface area contributed by atoms with Gasteiger partial charge in [0.25, 0.3) is 0 Å². The van der Waals surface area contributed by atoms with E-state index in [9.17, 15) is 0 Å². The van der Waals surface area contributed by atoms with Crippen LogP contribution in [0.2, 0.25) is 0 Å². The third kappa shape index (κ3) is 7.75. The Morgan fingerprint density at radius 2 is 1.84 bits per heavy atom. The lowest BCUT2D eigenvalue weighted by molar-refractivity contribution is 0.173. The van der Waals surface area contributed by atoms with E-state index < -0.39 is 0 Å². The predicted octanol–water partition coefficient (Wildman–Crippen LogP) is 3.02. The Bertz CT molecular complexity index is 474. The Hall–Kier alpha value is -1.11. The molecule has 0 saturated carbocycles. The molecule has 0 amide bonds. The molecule has 1 rings (SSSR count). The van der Waals surface area contributed by atoms with Gasteiger partial charge in [-0.05, 0) is 59.7 Å². The number of thiophene rings is 1. The highest BCUT2D eigenvalue weighted by atomic mass is 32.1. The molecule has 5 nitrogen and oxygen atoms in total. The van der Waals surface area contributed by atoms with E-state index in [0.717, 1.165) is 32.0 Å². The highest BCUT2D eigenvalue weighted by molar-refractivity contribution is 7.10. The number of guanidine groups is 1. The summed E-state index contributed by atoms with van der Waals surface area (Å²) in [5, 5.41) is 9.04. The lowest BCUT2D eigenvalue weighted by atomic mass is 10.2. The minimum atomic E-state index is 0.357. The van der Waals surface area contributed by atoms with Gasteiger partial charge in [-0.3, -0.25) is 9.89 Å². The minimum Gasteiger partial charge on any atom is -0.356 e. The van der Waals surface area contributed by atoms with Crippen molar-refractivity contribution in [2.24, 2.45) is 4.99 Å². The lowest BCUT2D eigenvalue weighted by Gasteiger charge is -2.30. The standard InChI is InChI=1S/C19H37N5S/c1-15(2)24(16(3)4)12-9-11-21-19(20-5)22-14-17(23(6)7)18-10-8-13-25-18/h8,10,13,15-17H,9,11-12,14H2,1-7H3,(H2,20,21,22). The summed E-state index contributed by atoms with van der Waals surface area (Å²) in [5.74, 6) is 0.879. The summed E-state index contributed by atoms with van der Waals surface area (Å²) in [7, 11) is 6.07. The second kappa shape index (κ2) is 11.5. The molecule has 0 aliphatic rings. The van der Waals surface area contributed by atoms with Gasteiger partial charge in [0, 0.05) is 43.6 Å². The smallest absolute Gasteiger partial charge is 0.191 e. The van der Waals surface area contributed by atoms with Crippen molar-refractivity contribution in [1.82, 2.24) is 20.4 Å². The first kappa shape index (κ1) is 21.9. The second-order valence-corrected chi connectivity index (χ2v) is 8.13. The molecule has 1 aromatic rings. The average molecular weight is 368 g/mol. The first-order valence-corrected chi connectivity index (χ1v) is 10.1. The van der Waals surface area contributed by atoms with E-state index >= 15 is 0 Å². The molecule has 0 aromatic carbocycles. The molecule has 0 fully saturated rings. The zero-order valence-electron chi connectivity index (χ0n) is 17.0. The van der Waals surface area contributed by atoms with Crippen molar-refractivity contribution < 1.29 is 0 Å². The molecular formula is C19H37N5S. The molecule has 0 spiro atoms. The summed E-state index contributed by atoms with van der Waals surface area (Å²) in [4.78, 5) is 10.5. The largest absolute Gasteiger partial charge is 0.356 e. The average Bonchev–Trinajstić information content (AvgIpc) is 3.05. The highest BCUT2D eigenvalue weighted by Crippen LogP contribution is 2.22. The molecule has 144 valence electrons. The molecular weight excluding hydrogens is 330 g/mol. The van der Waals surface area contributed by atoms with Crippen molar-refractivity contribution in [2.75, 3.05) is 40.8 Å². The van der Waals surface area contributed by atoms with Gasteiger partial charge in [-0.25, -0.2) is 0 Å². The van der Waals surface area contributed by atoms with Crippen molar-refractivity contribution >= 4 is 17.3 Å². The van der Waals surface area contributed by atoms with Gasteiger partial charge in [0.05, 0.1) is 6.04 Å². The normalized spacial score (nSPS) is 14.0. The van der Waals surface area contributed by atoms with Gasteiger partial charge in [-0.1, -0.05) is 6.07 Å². The fourth-order valence-electron chi connectivity index (χ4n) is 3.01. The summed E-state index contributed by atoms with van der Waals surface area (Å²) in [6.07, 6.45) is 1.11. The summed E-state index contributed by atoms with van der Waals surface area (Å²) < 4.78 is 0. The van der Waals surface area contributed by atoms with E-state index in [-0.39, 0.29) is 0 Å². The first-order chi connectivity index (χ1) is 11.9. The maximum absolute atomic E-state index is 4.35. The molecule has 0 aliphatic carbocycles. The van der Waals surface area contributed by atoms with Crippen LogP contribution in [0.1, 0.15) is 45.0 Å². The van der Waals surface area contributed by atoms with Gasteiger partial charge in [-0.2, -0.15) is 0 Å². The number of likely N-dealkylation sites (N-methyl/N-ethyl adjacent to an activating group) is 1. The van der Waals surface area contributed by atoms with Crippen LogP contribution in [0.3, 0.4) is 0 Å². The molecule has 0 bridgehead atoms. The summed E-state index contributed by atoms with van der Waals surface area (Å²) in [6.45, 7) is 11.9. The van der Waals surface area contributed by atoms with Gasteiger partial charge < -0.3 is 15.5 Å². The predicted molar refractivity (Wildman–Crippen MR) is 112 cm³/mol. The summed E-state index contributed by atoms with van der Waals surface area (Å²) in [6, 6.07) is 5.84. The highest BCUT2D eigenvalue weighted by Gasteiger charge is 2.16. The Kier molecular flexibility index (Phi) is 10.1. The Morgan fingerprint density at radius 1 is 1.16 bits per heavy atom. The van der Waals surface area contributed by atoms with Gasteiger partial charge in [0.15, 0.2) is 5.96 Å². The Morgan fingerprint density at radius 3 is 2.32 bits per heavy atom. The third-order valence-corrected chi connectivity index (χ3v) is 5.37. The van der Waals surface area contributed by atoms with Crippen LogP contribution in [0.4, 0.5) is 0 Å². The number of aliphatic imine (C=N–C) groups is 1. The van der Waals surface area contributed by atoms with Gasteiger partial charge in [0.2, 0.25) is 0 Å². The van der Waals surface area contributed by atoms with Gasteiger partial charge >= 0.3 is 0 Å². The lowest BCUT2D eigenvalue weighted by Crippen LogP contribution is -2.43. The number of nitrogens with zero attached hydrogens (tertiary/aromatic N) is 3.